The minimum Gasteiger partial charge on any atom is -0.362 e. The molecular formula is C11H9ClF3N3O2. The first kappa shape index (κ1) is 14.6. The number of alkyl halides is 3. The van der Waals surface area contributed by atoms with E-state index in [0.29, 0.717) is 10.6 Å². The third kappa shape index (κ3) is 2.32. The summed E-state index contributed by atoms with van der Waals surface area (Å²) in [6, 6.07) is 4.29. The lowest BCUT2D eigenvalue weighted by molar-refractivity contribution is -0.296. The van der Waals surface area contributed by atoms with Crippen LogP contribution in [-0.4, -0.2) is 33.8 Å². The standard InChI is InChI=1S/C11H9ClF3N3O2/c12-7-3-1-6(2-4-7)8-5-10(20,11(13,14)15)18(17-8)9(16)19/h1-4,20H,5H2,(H2,16,19). The van der Waals surface area contributed by atoms with E-state index in [-0.39, 0.29) is 10.7 Å². The number of rotatable bonds is 1. The van der Waals surface area contributed by atoms with Gasteiger partial charge in [-0.3, -0.25) is 0 Å². The first-order valence-corrected chi connectivity index (χ1v) is 5.75. The number of amides is 2. The van der Waals surface area contributed by atoms with Gasteiger partial charge in [-0.2, -0.15) is 23.3 Å². The van der Waals surface area contributed by atoms with Crippen molar-refractivity contribution >= 4 is 23.3 Å². The number of hydrazone groups is 1. The molecule has 0 spiro atoms. The molecular weight excluding hydrogens is 299 g/mol. The quantitative estimate of drug-likeness (QED) is 0.833. The Morgan fingerprint density at radius 3 is 2.35 bits per heavy atom. The largest absolute Gasteiger partial charge is 0.438 e. The molecule has 5 nitrogen and oxygen atoms in total. The van der Waals surface area contributed by atoms with Crippen LogP contribution in [0.1, 0.15) is 12.0 Å². The molecule has 0 fully saturated rings. The average molecular weight is 308 g/mol. The van der Waals surface area contributed by atoms with E-state index in [9.17, 15) is 23.1 Å². The second-order valence-electron chi connectivity index (χ2n) is 4.19. The van der Waals surface area contributed by atoms with Crippen LogP contribution in [0.2, 0.25) is 5.02 Å². The highest BCUT2D eigenvalue weighted by atomic mass is 35.5. The van der Waals surface area contributed by atoms with E-state index in [1.54, 1.807) is 0 Å². The highest BCUT2D eigenvalue weighted by Crippen LogP contribution is 2.41. The molecule has 20 heavy (non-hydrogen) atoms. The predicted molar refractivity (Wildman–Crippen MR) is 65.0 cm³/mol. The van der Waals surface area contributed by atoms with Crippen molar-refractivity contribution in [1.29, 1.82) is 0 Å². The molecule has 1 unspecified atom stereocenters. The van der Waals surface area contributed by atoms with Crippen LogP contribution >= 0.6 is 11.6 Å². The lowest BCUT2D eigenvalue weighted by Crippen LogP contribution is -2.57. The fraction of sp³-hybridized carbons (Fsp3) is 0.273. The van der Waals surface area contributed by atoms with Gasteiger partial charge in [-0.1, -0.05) is 23.7 Å². The summed E-state index contributed by atoms with van der Waals surface area (Å²) in [5, 5.41) is 13.4. The first-order chi connectivity index (χ1) is 9.15. The number of carbonyl (C=O) groups is 1. The van der Waals surface area contributed by atoms with Gasteiger partial charge in [0, 0.05) is 5.02 Å². The Bertz CT molecular complexity index is 573. The molecule has 0 saturated heterocycles. The number of nitrogens with zero attached hydrogens (tertiary/aromatic N) is 2. The third-order valence-electron chi connectivity index (χ3n) is 2.83. The third-order valence-corrected chi connectivity index (χ3v) is 3.08. The van der Waals surface area contributed by atoms with Crippen LogP contribution in [0, 0.1) is 0 Å². The van der Waals surface area contributed by atoms with Crippen LogP contribution < -0.4 is 5.73 Å². The molecule has 2 rings (SSSR count). The van der Waals surface area contributed by atoms with Gasteiger partial charge in [-0.25, -0.2) is 4.79 Å². The fourth-order valence-electron chi connectivity index (χ4n) is 1.80. The Morgan fingerprint density at radius 1 is 1.40 bits per heavy atom. The van der Waals surface area contributed by atoms with Crippen molar-refractivity contribution in [1.82, 2.24) is 5.01 Å². The number of benzene rings is 1. The van der Waals surface area contributed by atoms with Crippen LogP contribution in [0.3, 0.4) is 0 Å². The van der Waals surface area contributed by atoms with E-state index in [2.05, 4.69) is 5.10 Å². The summed E-state index contributed by atoms with van der Waals surface area (Å²) < 4.78 is 38.7. The molecule has 108 valence electrons. The van der Waals surface area contributed by atoms with Gasteiger partial charge in [-0.05, 0) is 17.7 Å². The number of aliphatic hydroxyl groups is 1. The van der Waals surface area contributed by atoms with Crippen molar-refractivity contribution in [3.8, 4) is 0 Å². The summed E-state index contributed by atoms with van der Waals surface area (Å²) >= 11 is 5.67. The molecule has 0 aromatic heterocycles. The molecule has 0 aliphatic carbocycles. The topological polar surface area (TPSA) is 78.9 Å². The highest BCUT2D eigenvalue weighted by Gasteiger charge is 2.63. The minimum absolute atomic E-state index is 0.111. The first-order valence-electron chi connectivity index (χ1n) is 5.37. The number of halogens is 4. The molecule has 1 aromatic rings. The molecule has 1 aliphatic heterocycles. The number of primary amides is 1. The van der Waals surface area contributed by atoms with Gasteiger partial charge in [0.1, 0.15) is 0 Å². The smallest absolute Gasteiger partial charge is 0.362 e. The maximum atomic E-state index is 12.9. The van der Waals surface area contributed by atoms with Crippen molar-refractivity contribution in [2.24, 2.45) is 10.8 Å². The molecule has 1 aliphatic rings. The van der Waals surface area contributed by atoms with Crippen molar-refractivity contribution in [2.75, 3.05) is 0 Å². The summed E-state index contributed by atoms with van der Waals surface area (Å²) in [5.74, 6) is 0. The Balaban J connectivity index is 2.42. The van der Waals surface area contributed by atoms with Crippen molar-refractivity contribution in [3.05, 3.63) is 34.9 Å². The lowest BCUT2D eigenvalue weighted by Gasteiger charge is -2.31. The van der Waals surface area contributed by atoms with Gasteiger partial charge in [0.2, 0.25) is 0 Å². The van der Waals surface area contributed by atoms with E-state index in [1.165, 1.54) is 24.3 Å². The Labute approximate surface area is 116 Å². The van der Waals surface area contributed by atoms with Gasteiger partial charge < -0.3 is 10.8 Å². The summed E-state index contributed by atoms with van der Waals surface area (Å²) in [4.78, 5) is 11.1. The van der Waals surface area contributed by atoms with E-state index in [1.807, 2.05) is 0 Å². The lowest BCUT2D eigenvalue weighted by atomic mass is 10.0. The van der Waals surface area contributed by atoms with Crippen LogP contribution in [0.15, 0.2) is 29.4 Å². The second-order valence-corrected chi connectivity index (χ2v) is 4.63. The molecule has 0 radical (unpaired) electrons. The summed E-state index contributed by atoms with van der Waals surface area (Å²) in [6.07, 6.45) is -5.99. The van der Waals surface area contributed by atoms with Gasteiger partial charge in [0.05, 0.1) is 12.1 Å². The van der Waals surface area contributed by atoms with Gasteiger partial charge in [0.15, 0.2) is 0 Å². The monoisotopic (exact) mass is 307 g/mol. The van der Waals surface area contributed by atoms with E-state index < -0.39 is 24.4 Å². The van der Waals surface area contributed by atoms with E-state index in [0.717, 1.165) is 0 Å². The molecule has 9 heteroatoms. The minimum atomic E-state index is -5.08. The van der Waals surface area contributed by atoms with Gasteiger partial charge in [-0.15, -0.1) is 0 Å². The number of hydrogen-bond donors (Lipinski definition) is 2. The van der Waals surface area contributed by atoms with Crippen molar-refractivity contribution in [3.63, 3.8) is 0 Å². The van der Waals surface area contributed by atoms with Crippen LogP contribution in [0.5, 0.6) is 0 Å². The van der Waals surface area contributed by atoms with Crippen molar-refractivity contribution in [2.45, 2.75) is 18.3 Å². The second kappa shape index (κ2) is 4.64. The zero-order valence-electron chi connectivity index (χ0n) is 9.86. The SMILES string of the molecule is NC(=O)N1N=C(c2ccc(Cl)cc2)CC1(O)C(F)(F)F. The predicted octanol–water partition coefficient (Wildman–Crippen LogP) is 2.08. The highest BCUT2D eigenvalue weighted by molar-refractivity contribution is 6.30. The van der Waals surface area contributed by atoms with Crippen molar-refractivity contribution < 1.29 is 23.1 Å². The maximum Gasteiger partial charge on any atom is 0.438 e. The number of hydrogen-bond acceptors (Lipinski definition) is 3. The molecule has 3 N–H and O–H groups in total. The summed E-state index contributed by atoms with van der Waals surface area (Å²) in [5.41, 5.74) is 1.59. The molecule has 2 amide bonds. The molecule has 1 aromatic carbocycles. The summed E-state index contributed by atoms with van der Waals surface area (Å²) in [6.45, 7) is 0. The Morgan fingerprint density at radius 2 is 1.95 bits per heavy atom. The van der Waals surface area contributed by atoms with Crippen LogP contribution in [-0.2, 0) is 0 Å². The fourth-order valence-corrected chi connectivity index (χ4v) is 1.93. The van der Waals surface area contributed by atoms with E-state index >= 15 is 0 Å². The van der Waals surface area contributed by atoms with Gasteiger partial charge in [0.25, 0.3) is 5.72 Å². The molecule has 1 atom stereocenters. The zero-order valence-corrected chi connectivity index (χ0v) is 10.6. The summed E-state index contributed by atoms with van der Waals surface area (Å²) in [7, 11) is 0. The van der Waals surface area contributed by atoms with Crippen LogP contribution in [0.4, 0.5) is 18.0 Å². The maximum absolute atomic E-state index is 12.9. The number of urea groups is 1. The Hall–Kier alpha value is -1.80. The molecule has 0 bridgehead atoms. The Kier molecular flexibility index (Phi) is 3.39. The molecule has 0 saturated carbocycles. The average Bonchev–Trinajstić information content (AvgIpc) is 2.69. The zero-order chi connectivity index (χ0) is 15.1. The van der Waals surface area contributed by atoms with Crippen LogP contribution in [0.25, 0.3) is 0 Å². The number of carbonyl (C=O) groups excluding carboxylic acids is 1. The normalized spacial score (nSPS) is 22.9. The van der Waals surface area contributed by atoms with Gasteiger partial charge >= 0.3 is 12.2 Å². The van der Waals surface area contributed by atoms with E-state index in [4.69, 9.17) is 17.3 Å². The number of nitrogens with two attached hydrogens (primary N) is 1. The molecule has 1 heterocycles.